The number of methoxy groups -OCH3 is 5. The molecule has 5 aromatic carbocycles. The van der Waals surface area contributed by atoms with Gasteiger partial charge >= 0.3 is 37.0 Å². The molecule has 5 aromatic rings. The van der Waals surface area contributed by atoms with Gasteiger partial charge in [-0.2, -0.15) is 0 Å². The number of hydrogen-bond donors (Lipinski definition) is 3. The fourth-order valence-corrected chi connectivity index (χ4v) is 12.4. The van der Waals surface area contributed by atoms with Crippen LogP contribution in [0.5, 0.6) is 0 Å². The van der Waals surface area contributed by atoms with Crippen LogP contribution in [0.2, 0.25) is 0 Å². The quantitative estimate of drug-likeness (QED) is 0.0136. The third-order valence-electron chi connectivity index (χ3n) is 11.3. The van der Waals surface area contributed by atoms with E-state index < -0.39 is 58.9 Å². The molecule has 0 saturated carbocycles. The van der Waals surface area contributed by atoms with E-state index in [-0.39, 0.29) is 87.6 Å². The Morgan fingerprint density at radius 2 is 0.812 bits per heavy atom. The van der Waals surface area contributed by atoms with Crippen LogP contribution in [0.15, 0.2) is 78.4 Å². The molecule has 0 atom stereocenters. The highest BCUT2D eigenvalue weighted by Crippen LogP contribution is 2.38. The lowest BCUT2D eigenvalue weighted by Crippen LogP contribution is -2.41. The van der Waals surface area contributed by atoms with Crippen molar-refractivity contribution >= 4 is 237 Å². The van der Waals surface area contributed by atoms with Crippen LogP contribution in [0.4, 0.5) is 33.3 Å². The number of anilines is 2. The van der Waals surface area contributed by atoms with Crippen LogP contribution in [0.25, 0.3) is 12.2 Å². The number of nitrogen functional groups attached to an aromatic ring is 2. The first-order chi connectivity index (χ1) is 39.5. The largest absolute Gasteiger partial charge is 0.486 e. The summed E-state index contributed by atoms with van der Waals surface area (Å²) in [5.41, 5.74) is 12.9. The molecule has 16 nitrogen and oxygen atoms in total. The third-order valence-corrected chi connectivity index (χ3v) is 20.8. The van der Waals surface area contributed by atoms with Crippen molar-refractivity contribution in [1.82, 2.24) is 0 Å². The molecular formula is C54H49BBr5F5I4N2O14. The van der Waals surface area contributed by atoms with Gasteiger partial charge in [0.25, 0.3) is 0 Å². The van der Waals surface area contributed by atoms with Crippen LogP contribution in [0, 0.1) is 43.4 Å². The molecule has 1 aliphatic heterocycles. The van der Waals surface area contributed by atoms with Crippen LogP contribution in [-0.4, -0.2) is 95.1 Å². The SMILES string of the molecule is C=CB1OC(C)(C)C(C)(C)O1.C=Cc1c(Br)c(F)cc(C(=O)OC)c1I.C=Cc1c(N)c(C(=O)OC)cc(F)c1Br.COC(=O)c1cc(F)c(Br)c(C=O)c1I.COC(=O)c1cc(F)c(Br)c(CO)c1I.COC(=O)c1cc(F)c(Br)c(I)c1N. The van der Waals surface area contributed by atoms with Crippen LogP contribution < -0.4 is 11.5 Å². The van der Waals surface area contributed by atoms with Crippen molar-refractivity contribution in [1.29, 1.82) is 0 Å². The smallest absolute Gasteiger partial charge is 0.465 e. The summed E-state index contributed by atoms with van der Waals surface area (Å²) >= 11 is 22.5. The van der Waals surface area contributed by atoms with E-state index in [4.69, 9.17) is 25.9 Å². The molecule has 85 heavy (non-hydrogen) atoms. The van der Waals surface area contributed by atoms with E-state index in [9.17, 15) is 50.7 Å². The molecule has 1 fully saturated rings. The average molecular weight is 1960 g/mol. The molecule has 0 aliphatic carbocycles. The number of aldehydes is 1. The van der Waals surface area contributed by atoms with E-state index in [1.807, 2.05) is 95.5 Å². The van der Waals surface area contributed by atoms with E-state index in [1.165, 1.54) is 47.7 Å². The molecule has 0 spiro atoms. The molecule has 5 N–H and O–H groups in total. The van der Waals surface area contributed by atoms with Crippen molar-refractivity contribution < 1.29 is 88.8 Å². The molecule has 1 heterocycles. The highest BCUT2D eigenvalue weighted by Gasteiger charge is 2.49. The maximum atomic E-state index is 13.4. The van der Waals surface area contributed by atoms with Gasteiger partial charge in [0.15, 0.2) is 6.29 Å². The maximum absolute atomic E-state index is 13.4. The van der Waals surface area contributed by atoms with Crippen LogP contribution in [0.1, 0.15) is 107 Å². The van der Waals surface area contributed by atoms with Crippen molar-refractivity contribution in [2.24, 2.45) is 0 Å². The Morgan fingerprint density at radius 1 is 0.518 bits per heavy atom. The summed E-state index contributed by atoms with van der Waals surface area (Å²) in [5, 5.41) is 9.05. The van der Waals surface area contributed by atoms with E-state index in [1.54, 1.807) is 28.6 Å². The Balaban J connectivity index is 0.000000511. The van der Waals surface area contributed by atoms with Gasteiger partial charge in [0, 0.05) is 33.0 Å². The maximum Gasteiger partial charge on any atom is 0.486 e. The first-order valence-corrected chi connectivity index (χ1v) is 31.2. The number of esters is 5. The molecule has 0 unspecified atom stereocenters. The molecule has 0 aromatic heterocycles. The number of aliphatic hydroxyl groups is 1. The number of benzene rings is 5. The van der Waals surface area contributed by atoms with Gasteiger partial charge in [-0.05, 0) is 228 Å². The lowest BCUT2D eigenvalue weighted by atomic mass is 9.90. The summed E-state index contributed by atoms with van der Waals surface area (Å²) < 4.78 is 103. The molecule has 0 amide bonds. The predicted molar refractivity (Wildman–Crippen MR) is 365 cm³/mol. The molecule has 1 saturated heterocycles. The molecule has 0 radical (unpaired) electrons. The molecule has 0 bridgehead atoms. The summed E-state index contributed by atoms with van der Waals surface area (Å²) in [6.45, 7) is 18.4. The van der Waals surface area contributed by atoms with Crippen LogP contribution in [0.3, 0.4) is 0 Å². The van der Waals surface area contributed by atoms with Crippen molar-refractivity contribution in [2.45, 2.75) is 45.5 Å². The number of aliphatic hydroxyl groups excluding tert-OH is 1. The second kappa shape index (κ2) is 36.5. The third kappa shape index (κ3) is 20.7. The number of carbonyl (C=O) groups is 6. The van der Waals surface area contributed by atoms with Gasteiger partial charge in [-0.25, -0.2) is 45.9 Å². The second-order valence-corrected chi connectivity index (χ2v) is 25.2. The normalized spacial score (nSPS) is 12.2. The topological polar surface area (TPSA) is 239 Å². The second-order valence-electron chi connectivity index (χ2n) is 16.9. The predicted octanol–water partition coefficient (Wildman–Crippen LogP) is 15.9. The van der Waals surface area contributed by atoms with Gasteiger partial charge in [-0.1, -0.05) is 31.3 Å². The van der Waals surface area contributed by atoms with Gasteiger partial charge < -0.3 is 49.6 Å². The highest BCUT2D eigenvalue weighted by molar-refractivity contribution is 14.1. The number of halogens is 14. The first kappa shape index (κ1) is 79.9. The summed E-state index contributed by atoms with van der Waals surface area (Å²) in [4.78, 5) is 67.0. The Bertz CT molecular complexity index is 3200. The molecule has 31 heteroatoms. The minimum Gasteiger partial charge on any atom is -0.465 e. The number of ether oxygens (including phenoxy) is 5. The zero-order chi connectivity index (χ0) is 65.9. The molecule has 460 valence electrons. The van der Waals surface area contributed by atoms with Gasteiger partial charge in [0.05, 0.1) is 118 Å². The molecule has 6 rings (SSSR count). The van der Waals surface area contributed by atoms with Crippen LogP contribution >= 0.6 is 170 Å². The number of hydrogen-bond acceptors (Lipinski definition) is 16. The average Bonchev–Trinajstić information content (AvgIpc) is 3.78. The van der Waals surface area contributed by atoms with Gasteiger partial charge in [0.1, 0.15) is 29.1 Å². The highest BCUT2D eigenvalue weighted by atomic mass is 127. The zero-order valence-corrected chi connectivity index (χ0v) is 62.4. The molecule has 1 aliphatic rings. The number of carbonyl (C=O) groups excluding carboxylic acids is 6. The van der Waals surface area contributed by atoms with Crippen molar-refractivity contribution in [3.8, 4) is 0 Å². The standard InChI is InChI=1S/C10H7BrFIO2.C10H9BrFNO2.C9H7BrFIO3.C9H5BrFIO3.C8H15BO2.C8H6BrFINO2/c2*1-3-5-8(11)7(12)4-6(9(5)13)10(14)15-2;2*1-15-9(14)4-2-6(11)7(10)5(3-13)8(4)12;1-6-9-10-7(2,3)8(4,5)11-9;1-14-8(13)3-2-4(10)5(9)6(11)7(3)12/h3-4H,1H2,2H3;3-4H,1,13H2,2H3;2,13H,3H2,1H3;2-3H,1H3;6H,1H2,2-5H3;2H,12H2,1H3. The zero-order valence-electron chi connectivity index (χ0n) is 45.8. The van der Waals surface area contributed by atoms with E-state index in [2.05, 4.69) is 123 Å². The van der Waals surface area contributed by atoms with Crippen molar-refractivity contribution in [2.75, 3.05) is 47.0 Å². The Hall–Kier alpha value is -3.15. The minimum absolute atomic E-state index is 0.00639. The lowest BCUT2D eigenvalue weighted by molar-refractivity contribution is 0.00578. The Morgan fingerprint density at radius 3 is 1.14 bits per heavy atom. The summed E-state index contributed by atoms with van der Waals surface area (Å²) in [7, 11) is 5.84. The fraction of sp³-hybridized carbons (Fsp3) is 0.222. The van der Waals surface area contributed by atoms with Gasteiger partial charge in [-0.15, -0.1) is 6.58 Å². The van der Waals surface area contributed by atoms with Crippen LogP contribution in [-0.2, 0) is 39.6 Å². The summed E-state index contributed by atoms with van der Waals surface area (Å²) in [6, 6.07) is 5.33. The Labute approximate surface area is 583 Å². The summed E-state index contributed by atoms with van der Waals surface area (Å²) in [6.07, 6.45) is 3.34. The van der Waals surface area contributed by atoms with E-state index in [0.29, 0.717) is 41.7 Å². The van der Waals surface area contributed by atoms with Crippen molar-refractivity contribution in [3.63, 3.8) is 0 Å². The monoisotopic (exact) mass is 1960 g/mol. The Kier molecular flexibility index (Phi) is 34.3. The fourth-order valence-electron chi connectivity index (χ4n) is 6.11. The number of nitrogens with two attached hydrogens (primary N) is 2. The first-order valence-electron chi connectivity index (χ1n) is 22.9. The van der Waals surface area contributed by atoms with E-state index >= 15 is 0 Å². The molecular weight excluding hydrogens is 1910 g/mol. The van der Waals surface area contributed by atoms with E-state index in [0.717, 1.165) is 30.3 Å². The van der Waals surface area contributed by atoms with Crippen molar-refractivity contribution in [3.05, 3.63) is 172 Å². The van der Waals surface area contributed by atoms with Gasteiger partial charge in [-0.3, -0.25) is 4.79 Å². The van der Waals surface area contributed by atoms with Gasteiger partial charge in [0.2, 0.25) is 0 Å². The summed E-state index contributed by atoms with van der Waals surface area (Å²) in [5.74, 6) is -4.40. The lowest BCUT2D eigenvalue weighted by Gasteiger charge is -2.32. The minimum atomic E-state index is -0.679. The number of rotatable bonds is 10.